The molecule has 0 aliphatic carbocycles. The second-order valence-corrected chi connectivity index (χ2v) is 18.9. The molecule has 1 rings (SSSR count). The van der Waals surface area contributed by atoms with Gasteiger partial charge in [0.1, 0.15) is 0 Å². The fraction of sp³-hybridized carbons (Fsp3) is 0.833. The number of allylic oxidation sites excluding steroid dienone is 1. The molecule has 0 aromatic heterocycles. The fourth-order valence-corrected chi connectivity index (χ4v) is 10.9. The van der Waals surface area contributed by atoms with Crippen LogP contribution in [0.15, 0.2) is 11.8 Å². The summed E-state index contributed by atoms with van der Waals surface area (Å²) in [7, 11) is -0.927. The van der Waals surface area contributed by atoms with Crippen LogP contribution in [0.25, 0.3) is 0 Å². The summed E-state index contributed by atoms with van der Waals surface area (Å²) in [6, 6.07) is 0. The first-order valence-corrected chi connectivity index (χ1v) is 13.7. The Bertz CT molecular complexity index is 195. The van der Waals surface area contributed by atoms with Crippen LogP contribution >= 0.6 is 0 Å². The van der Waals surface area contributed by atoms with Gasteiger partial charge in [-0.25, -0.2) is 0 Å². The van der Waals surface area contributed by atoms with Crippen molar-refractivity contribution < 1.29 is 0 Å². The third-order valence-corrected chi connectivity index (χ3v) is 13.0. The number of rotatable bonds is 3. The van der Waals surface area contributed by atoms with E-state index in [1.165, 1.54) is 17.3 Å². The van der Waals surface area contributed by atoms with Crippen LogP contribution in [-0.2, 0) is 0 Å². The molecule has 1 aliphatic heterocycles. The Kier molecular flexibility index (Phi) is 4.75. The summed E-state index contributed by atoms with van der Waals surface area (Å²) < 4.78 is 3.75. The van der Waals surface area contributed by atoms with Crippen LogP contribution in [0.5, 0.6) is 0 Å². The van der Waals surface area contributed by atoms with Crippen LogP contribution in [0.3, 0.4) is 0 Å². The van der Waals surface area contributed by atoms with Gasteiger partial charge in [0.2, 0.25) is 0 Å². The summed E-state index contributed by atoms with van der Waals surface area (Å²) in [6.07, 6.45) is 5.60. The minimum atomic E-state index is -0.927. The summed E-state index contributed by atoms with van der Waals surface area (Å²) in [5, 5.41) is 0. The summed E-state index contributed by atoms with van der Waals surface area (Å²) >= 11 is -0.733. The van der Waals surface area contributed by atoms with Gasteiger partial charge in [0, 0.05) is 0 Å². The second kappa shape index (κ2) is 5.19. The molecule has 0 N–H and O–H groups in total. The molecule has 2 heteroatoms. The molecule has 0 bridgehead atoms. The molecule has 82 valence electrons. The molecule has 1 aliphatic rings. The van der Waals surface area contributed by atoms with Gasteiger partial charge in [0.05, 0.1) is 0 Å². The molecule has 14 heavy (non-hydrogen) atoms. The van der Waals surface area contributed by atoms with Crippen molar-refractivity contribution >= 4 is 27.6 Å². The first-order chi connectivity index (χ1) is 6.40. The van der Waals surface area contributed by atoms with Crippen LogP contribution in [-0.4, -0.2) is 27.6 Å². The summed E-state index contributed by atoms with van der Waals surface area (Å²) in [5.41, 5.74) is 2.55. The Hall–Kier alpha value is 0.746. The van der Waals surface area contributed by atoms with E-state index < -0.39 is 27.6 Å². The fourth-order valence-electron chi connectivity index (χ4n) is 2.01. The molecule has 2 atom stereocenters. The Morgan fingerprint density at radius 1 is 1.14 bits per heavy atom. The van der Waals surface area contributed by atoms with E-state index in [-0.39, 0.29) is 0 Å². The molecule has 0 aromatic carbocycles. The third kappa shape index (κ3) is 4.09. The second-order valence-electron chi connectivity index (χ2n) is 5.60. The Balaban J connectivity index is 2.41. The maximum atomic E-state index is 2.55. The van der Waals surface area contributed by atoms with E-state index in [2.05, 4.69) is 45.3 Å². The molecule has 0 aromatic rings. The Labute approximate surface area is 97.8 Å². The van der Waals surface area contributed by atoms with E-state index in [0.717, 1.165) is 7.93 Å². The minimum absolute atomic E-state index is 0.733. The van der Waals surface area contributed by atoms with Crippen molar-refractivity contribution in [2.24, 2.45) is 0 Å². The van der Waals surface area contributed by atoms with E-state index in [0.29, 0.717) is 0 Å². The zero-order valence-electron chi connectivity index (χ0n) is 10.3. The van der Waals surface area contributed by atoms with Crippen molar-refractivity contribution in [3.8, 4) is 0 Å². The number of hydrogen-bond donors (Lipinski definition) is 0. The average molecular weight is 325 g/mol. The van der Waals surface area contributed by atoms with Gasteiger partial charge >= 0.3 is 98.1 Å². The normalized spacial score (nSPS) is 30.4. The Morgan fingerprint density at radius 3 is 2.07 bits per heavy atom. The molecule has 0 saturated carbocycles. The van der Waals surface area contributed by atoms with Crippen LogP contribution in [0.4, 0.5) is 0 Å². The standard InChI is InChI=1S/C12H25SiTe/c1-11-7-8-12(2)14(11)10-6-9-13(3,4)5/h6,9,11-12H,7-8,10H2,1-5H3/q+1/b9-6+/t11-,12-/m0/s1. The quantitative estimate of drug-likeness (QED) is 0.671. The molecule has 0 spiro atoms. The first-order valence-electron chi connectivity index (χ1n) is 5.76. The van der Waals surface area contributed by atoms with Crippen LogP contribution in [0.2, 0.25) is 32.0 Å². The van der Waals surface area contributed by atoms with Crippen molar-refractivity contribution in [1.29, 1.82) is 0 Å². The molecular weight excluding hydrogens is 300 g/mol. The SMILES string of the molecule is C[C@H]1CC[C@H](C)[Te+]1C/C=C/[Si](C)(C)C. The number of hydrogen-bond acceptors (Lipinski definition) is 0. The van der Waals surface area contributed by atoms with Gasteiger partial charge in [-0.05, 0) is 0 Å². The summed E-state index contributed by atoms with van der Waals surface area (Å²) in [5.74, 6) is 0. The molecule has 1 heterocycles. The molecule has 0 nitrogen and oxygen atoms in total. The Morgan fingerprint density at radius 2 is 1.64 bits per heavy atom. The van der Waals surface area contributed by atoms with Crippen molar-refractivity contribution in [1.82, 2.24) is 0 Å². The van der Waals surface area contributed by atoms with Gasteiger partial charge in [-0.2, -0.15) is 0 Å². The van der Waals surface area contributed by atoms with Gasteiger partial charge < -0.3 is 0 Å². The monoisotopic (exact) mass is 327 g/mol. The first kappa shape index (κ1) is 12.8. The average Bonchev–Trinajstić information content (AvgIpc) is 2.33. The van der Waals surface area contributed by atoms with E-state index >= 15 is 0 Å². The molecule has 0 amide bonds. The van der Waals surface area contributed by atoms with Gasteiger partial charge in [0.15, 0.2) is 0 Å². The molecular formula is C12H25SiTe+. The van der Waals surface area contributed by atoms with Gasteiger partial charge in [-0.15, -0.1) is 0 Å². The van der Waals surface area contributed by atoms with Crippen LogP contribution in [0.1, 0.15) is 26.7 Å². The van der Waals surface area contributed by atoms with E-state index in [1.807, 2.05) is 0 Å². The van der Waals surface area contributed by atoms with E-state index in [9.17, 15) is 0 Å². The molecule has 0 unspecified atom stereocenters. The zero-order valence-corrected chi connectivity index (χ0v) is 13.7. The topological polar surface area (TPSA) is 0 Å². The predicted molar refractivity (Wildman–Crippen MR) is 71.1 cm³/mol. The molecule has 0 radical (unpaired) electrons. The maximum absolute atomic E-state index is 2.55. The van der Waals surface area contributed by atoms with Crippen LogP contribution in [0, 0.1) is 0 Å². The third-order valence-electron chi connectivity index (χ3n) is 2.92. The molecule has 1 fully saturated rings. The van der Waals surface area contributed by atoms with Gasteiger partial charge in [0.25, 0.3) is 0 Å². The zero-order chi connectivity index (χ0) is 10.8. The van der Waals surface area contributed by atoms with Crippen molar-refractivity contribution in [3.05, 3.63) is 11.8 Å². The van der Waals surface area contributed by atoms with E-state index in [1.54, 1.807) is 0 Å². The van der Waals surface area contributed by atoms with Gasteiger partial charge in [-0.3, -0.25) is 0 Å². The summed E-state index contributed by atoms with van der Waals surface area (Å²) in [6.45, 7) is 12.3. The van der Waals surface area contributed by atoms with Crippen molar-refractivity contribution in [2.75, 3.05) is 0 Å². The van der Waals surface area contributed by atoms with Crippen molar-refractivity contribution in [3.63, 3.8) is 0 Å². The van der Waals surface area contributed by atoms with E-state index in [4.69, 9.17) is 0 Å². The van der Waals surface area contributed by atoms with Gasteiger partial charge in [-0.1, -0.05) is 0 Å². The summed E-state index contributed by atoms with van der Waals surface area (Å²) in [4.78, 5) is 0. The van der Waals surface area contributed by atoms with Crippen molar-refractivity contribution in [2.45, 2.75) is 58.7 Å². The van der Waals surface area contributed by atoms with Crippen LogP contribution < -0.4 is 0 Å². The molecule has 1 saturated heterocycles. The predicted octanol–water partition coefficient (Wildman–Crippen LogP) is 4.49.